The number of methoxy groups -OCH3 is 1. The SMILES string of the molecule is CC.CC.COCc1ccc(CN2CCC(C)CC2)cc1. The van der Waals surface area contributed by atoms with Crippen molar-refractivity contribution in [2.45, 2.75) is 60.6 Å². The van der Waals surface area contributed by atoms with E-state index in [0.29, 0.717) is 6.61 Å². The molecule has 1 heterocycles. The van der Waals surface area contributed by atoms with Crippen LogP contribution in [0.5, 0.6) is 0 Å². The number of benzene rings is 1. The molecule has 0 unspecified atom stereocenters. The molecule has 0 aromatic heterocycles. The predicted octanol–water partition coefficient (Wildman–Crippen LogP) is 5.12. The van der Waals surface area contributed by atoms with E-state index in [9.17, 15) is 0 Å². The van der Waals surface area contributed by atoms with Crippen molar-refractivity contribution < 1.29 is 4.74 Å². The number of piperidine rings is 1. The Bertz CT molecular complexity index is 326. The topological polar surface area (TPSA) is 12.5 Å². The van der Waals surface area contributed by atoms with Crippen LogP contribution in [0.3, 0.4) is 0 Å². The van der Waals surface area contributed by atoms with Gasteiger partial charge in [-0.25, -0.2) is 0 Å². The highest BCUT2D eigenvalue weighted by molar-refractivity contribution is 5.22. The van der Waals surface area contributed by atoms with Gasteiger partial charge < -0.3 is 4.74 Å². The molecule has 0 N–H and O–H groups in total. The van der Waals surface area contributed by atoms with Gasteiger partial charge >= 0.3 is 0 Å². The molecule has 1 saturated heterocycles. The molecule has 0 atom stereocenters. The summed E-state index contributed by atoms with van der Waals surface area (Å²) in [6.45, 7) is 14.7. The molecule has 1 aromatic rings. The van der Waals surface area contributed by atoms with Crippen LogP contribution in [0.1, 0.15) is 58.6 Å². The highest BCUT2D eigenvalue weighted by Crippen LogP contribution is 2.18. The molecule has 0 saturated carbocycles. The van der Waals surface area contributed by atoms with Crippen molar-refractivity contribution in [3.8, 4) is 0 Å². The molecule has 2 rings (SSSR count). The molecule has 21 heavy (non-hydrogen) atoms. The van der Waals surface area contributed by atoms with E-state index in [-0.39, 0.29) is 0 Å². The van der Waals surface area contributed by atoms with Gasteiger partial charge in [0.2, 0.25) is 0 Å². The third kappa shape index (κ3) is 8.23. The lowest BCUT2D eigenvalue weighted by Crippen LogP contribution is -2.32. The Morgan fingerprint density at radius 1 is 0.952 bits per heavy atom. The van der Waals surface area contributed by atoms with Crippen LogP contribution < -0.4 is 0 Å². The van der Waals surface area contributed by atoms with Gasteiger partial charge in [-0.05, 0) is 43.0 Å². The Hall–Kier alpha value is -0.860. The molecule has 0 radical (unpaired) electrons. The second-order valence-corrected chi connectivity index (χ2v) is 5.21. The van der Waals surface area contributed by atoms with Crippen LogP contribution in [0.25, 0.3) is 0 Å². The molecule has 1 aromatic carbocycles. The van der Waals surface area contributed by atoms with Crippen LogP contribution in [0.15, 0.2) is 24.3 Å². The molecule has 0 amide bonds. The quantitative estimate of drug-likeness (QED) is 0.764. The Morgan fingerprint density at radius 2 is 1.43 bits per heavy atom. The van der Waals surface area contributed by atoms with Crippen molar-refractivity contribution in [1.82, 2.24) is 4.90 Å². The summed E-state index contributed by atoms with van der Waals surface area (Å²) in [5.41, 5.74) is 2.67. The smallest absolute Gasteiger partial charge is 0.0713 e. The van der Waals surface area contributed by atoms with Crippen LogP contribution >= 0.6 is 0 Å². The molecule has 2 heteroatoms. The summed E-state index contributed by atoms with van der Waals surface area (Å²) in [7, 11) is 1.74. The molecule has 0 bridgehead atoms. The zero-order valence-corrected chi connectivity index (χ0v) is 15.0. The van der Waals surface area contributed by atoms with E-state index in [1.165, 1.54) is 37.1 Å². The van der Waals surface area contributed by atoms with E-state index in [4.69, 9.17) is 4.74 Å². The fourth-order valence-electron chi connectivity index (χ4n) is 2.39. The summed E-state index contributed by atoms with van der Waals surface area (Å²) in [5, 5.41) is 0. The summed E-state index contributed by atoms with van der Waals surface area (Å²) >= 11 is 0. The van der Waals surface area contributed by atoms with Gasteiger partial charge in [-0.15, -0.1) is 0 Å². The fraction of sp³-hybridized carbons (Fsp3) is 0.684. The zero-order chi connectivity index (χ0) is 16.1. The second-order valence-electron chi connectivity index (χ2n) is 5.21. The number of ether oxygens (including phenoxy) is 1. The first-order valence-corrected chi connectivity index (χ1v) is 8.57. The minimum Gasteiger partial charge on any atom is -0.380 e. The minimum absolute atomic E-state index is 0.710. The second kappa shape index (κ2) is 12.8. The number of likely N-dealkylation sites (tertiary alicyclic amines) is 1. The summed E-state index contributed by atoms with van der Waals surface area (Å²) < 4.78 is 5.12. The zero-order valence-electron chi connectivity index (χ0n) is 15.0. The van der Waals surface area contributed by atoms with Gasteiger partial charge in [0.25, 0.3) is 0 Å². The van der Waals surface area contributed by atoms with Crippen molar-refractivity contribution in [3.63, 3.8) is 0 Å². The maximum atomic E-state index is 5.12. The number of hydrogen-bond donors (Lipinski definition) is 0. The maximum absolute atomic E-state index is 5.12. The Balaban J connectivity index is 0.000000921. The van der Waals surface area contributed by atoms with Gasteiger partial charge in [0, 0.05) is 13.7 Å². The van der Waals surface area contributed by atoms with E-state index in [1.54, 1.807) is 7.11 Å². The van der Waals surface area contributed by atoms with Gasteiger partial charge in [-0.1, -0.05) is 58.9 Å². The summed E-state index contributed by atoms with van der Waals surface area (Å²) in [6.07, 6.45) is 2.70. The van der Waals surface area contributed by atoms with Crippen LogP contribution in [-0.4, -0.2) is 25.1 Å². The van der Waals surface area contributed by atoms with Gasteiger partial charge in [-0.2, -0.15) is 0 Å². The largest absolute Gasteiger partial charge is 0.380 e. The average Bonchev–Trinajstić information content (AvgIpc) is 2.56. The van der Waals surface area contributed by atoms with Crippen molar-refractivity contribution in [3.05, 3.63) is 35.4 Å². The molecular weight excluding hydrogens is 258 g/mol. The molecule has 1 fully saturated rings. The molecule has 0 aliphatic carbocycles. The Morgan fingerprint density at radius 3 is 1.90 bits per heavy atom. The summed E-state index contributed by atoms with van der Waals surface area (Å²) in [4.78, 5) is 2.56. The minimum atomic E-state index is 0.710. The van der Waals surface area contributed by atoms with E-state index < -0.39 is 0 Å². The van der Waals surface area contributed by atoms with Crippen molar-refractivity contribution >= 4 is 0 Å². The van der Waals surface area contributed by atoms with Gasteiger partial charge in [0.1, 0.15) is 0 Å². The third-order valence-corrected chi connectivity index (χ3v) is 3.62. The third-order valence-electron chi connectivity index (χ3n) is 3.62. The predicted molar refractivity (Wildman–Crippen MR) is 93.5 cm³/mol. The van der Waals surface area contributed by atoms with Gasteiger partial charge in [0.05, 0.1) is 6.61 Å². The first kappa shape index (κ1) is 20.1. The van der Waals surface area contributed by atoms with Crippen LogP contribution in [0, 0.1) is 5.92 Å². The lowest BCUT2D eigenvalue weighted by atomic mass is 9.99. The fourth-order valence-corrected chi connectivity index (χ4v) is 2.39. The summed E-state index contributed by atoms with van der Waals surface area (Å²) in [6, 6.07) is 8.80. The molecule has 1 aliphatic rings. The number of rotatable bonds is 4. The molecule has 2 nitrogen and oxygen atoms in total. The van der Waals surface area contributed by atoms with Crippen molar-refractivity contribution in [2.24, 2.45) is 5.92 Å². The van der Waals surface area contributed by atoms with E-state index in [0.717, 1.165) is 12.5 Å². The standard InChI is InChI=1S/C15H23NO.2C2H6/c1-13-7-9-16(10-8-13)11-14-3-5-15(6-4-14)12-17-2;2*1-2/h3-6,13H,7-12H2,1-2H3;2*1-2H3. The number of nitrogens with zero attached hydrogens (tertiary/aromatic N) is 1. The first-order chi connectivity index (χ1) is 10.3. The summed E-state index contributed by atoms with van der Waals surface area (Å²) in [5.74, 6) is 0.912. The molecular formula is C19H35NO. The number of hydrogen-bond acceptors (Lipinski definition) is 2. The van der Waals surface area contributed by atoms with E-state index >= 15 is 0 Å². The van der Waals surface area contributed by atoms with Crippen LogP contribution in [-0.2, 0) is 17.9 Å². The normalized spacial score (nSPS) is 15.5. The Kier molecular flexibility index (Phi) is 12.3. The lowest BCUT2D eigenvalue weighted by molar-refractivity contribution is 0.183. The van der Waals surface area contributed by atoms with Crippen LogP contribution in [0.2, 0.25) is 0 Å². The monoisotopic (exact) mass is 293 g/mol. The lowest BCUT2D eigenvalue weighted by Gasteiger charge is -2.30. The van der Waals surface area contributed by atoms with Gasteiger partial charge in [-0.3, -0.25) is 4.90 Å². The van der Waals surface area contributed by atoms with E-state index in [2.05, 4.69) is 36.1 Å². The van der Waals surface area contributed by atoms with Crippen LogP contribution in [0.4, 0.5) is 0 Å². The molecule has 122 valence electrons. The maximum Gasteiger partial charge on any atom is 0.0713 e. The first-order valence-electron chi connectivity index (χ1n) is 8.57. The van der Waals surface area contributed by atoms with E-state index in [1.807, 2.05) is 27.7 Å². The highest BCUT2D eigenvalue weighted by atomic mass is 16.5. The van der Waals surface area contributed by atoms with Gasteiger partial charge in [0.15, 0.2) is 0 Å². The highest BCUT2D eigenvalue weighted by Gasteiger charge is 2.15. The molecule has 0 spiro atoms. The molecule has 1 aliphatic heterocycles. The van der Waals surface area contributed by atoms with Crippen molar-refractivity contribution in [2.75, 3.05) is 20.2 Å². The average molecular weight is 293 g/mol. The van der Waals surface area contributed by atoms with Crippen molar-refractivity contribution in [1.29, 1.82) is 0 Å². The Labute approximate surface area is 132 Å².